The summed E-state index contributed by atoms with van der Waals surface area (Å²) in [4.78, 5) is 3.14. The van der Waals surface area contributed by atoms with Gasteiger partial charge in [0.15, 0.2) is 17.3 Å². The van der Waals surface area contributed by atoms with Crippen LogP contribution in [0.15, 0.2) is 30.3 Å². The van der Waals surface area contributed by atoms with Gasteiger partial charge >= 0.3 is 0 Å². The van der Waals surface area contributed by atoms with Crippen LogP contribution in [0.3, 0.4) is 0 Å². The first kappa shape index (κ1) is 15.9. The fourth-order valence-electron chi connectivity index (χ4n) is 2.06. The summed E-state index contributed by atoms with van der Waals surface area (Å²) < 4.78 is 45.5. The number of rotatable bonds is 4. The second-order valence-electron chi connectivity index (χ2n) is 4.81. The Bertz CT molecular complexity index is 735. The van der Waals surface area contributed by atoms with Gasteiger partial charge in [-0.2, -0.15) is 0 Å². The number of ether oxygens (including phenoxy) is 1. The molecule has 2 rings (SSSR count). The van der Waals surface area contributed by atoms with Crippen LogP contribution in [-0.2, 0) is 6.42 Å². The molecule has 0 fully saturated rings. The van der Waals surface area contributed by atoms with Crippen LogP contribution in [0.5, 0.6) is 11.5 Å². The SMILES string of the molecule is [C-]#[N+]c1cc(Oc2c(CC)ccc(C)c2F)cc(C(F)F)c1. The highest BCUT2D eigenvalue weighted by Crippen LogP contribution is 2.35. The van der Waals surface area contributed by atoms with Crippen molar-refractivity contribution in [3.8, 4) is 11.5 Å². The Morgan fingerprint density at radius 2 is 1.95 bits per heavy atom. The molecule has 0 aliphatic rings. The molecule has 0 saturated carbocycles. The fraction of sp³-hybridized carbons (Fsp3) is 0.235. The highest BCUT2D eigenvalue weighted by Gasteiger charge is 2.15. The normalized spacial score (nSPS) is 10.6. The van der Waals surface area contributed by atoms with Gasteiger partial charge in [-0.25, -0.2) is 18.0 Å². The molecule has 0 atom stereocenters. The number of alkyl halides is 2. The number of nitrogens with zero attached hydrogens (tertiary/aromatic N) is 1. The summed E-state index contributed by atoms with van der Waals surface area (Å²) in [7, 11) is 0. The second-order valence-corrected chi connectivity index (χ2v) is 4.81. The zero-order chi connectivity index (χ0) is 16.3. The van der Waals surface area contributed by atoms with Crippen LogP contribution in [0.2, 0.25) is 0 Å². The van der Waals surface area contributed by atoms with Crippen molar-refractivity contribution in [3.05, 3.63) is 64.3 Å². The van der Waals surface area contributed by atoms with E-state index in [0.29, 0.717) is 17.5 Å². The molecule has 0 bridgehead atoms. The monoisotopic (exact) mass is 305 g/mol. The first-order valence-electron chi connectivity index (χ1n) is 6.72. The summed E-state index contributed by atoms with van der Waals surface area (Å²) >= 11 is 0. The van der Waals surface area contributed by atoms with E-state index in [0.717, 1.165) is 12.1 Å². The molecule has 0 aromatic heterocycles. The molecule has 0 aliphatic heterocycles. The molecule has 0 unspecified atom stereocenters. The summed E-state index contributed by atoms with van der Waals surface area (Å²) in [5, 5.41) is 0. The molecule has 0 aliphatic carbocycles. The lowest BCUT2D eigenvalue weighted by Crippen LogP contribution is -1.97. The molecule has 0 N–H and O–H groups in total. The van der Waals surface area contributed by atoms with E-state index >= 15 is 0 Å². The van der Waals surface area contributed by atoms with Gasteiger partial charge in [-0.05, 0) is 42.7 Å². The summed E-state index contributed by atoms with van der Waals surface area (Å²) in [5.74, 6) is -0.473. The maximum Gasteiger partial charge on any atom is 0.262 e. The highest BCUT2D eigenvalue weighted by molar-refractivity contribution is 5.54. The molecule has 0 radical (unpaired) electrons. The van der Waals surface area contributed by atoms with E-state index < -0.39 is 12.2 Å². The molecule has 22 heavy (non-hydrogen) atoms. The number of hydrogen-bond acceptors (Lipinski definition) is 1. The van der Waals surface area contributed by atoms with Crippen LogP contribution in [0.4, 0.5) is 18.9 Å². The first-order chi connectivity index (χ1) is 10.5. The third kappa shape index (κ3) is 3.22. The summed E-state index contributed by atoms with van der Waals surface area (Å²) in [6, 6.07) is 6.92. The largest absolute Gasteiger partial charge is 0.455 e. The van der Waals surface area contributed by atoms with Crippen molar-refractivity contribution in [2.45, 2.75) is 26.7 Å². The molecule has 5 heteroatoms. The molecule has 2 aromatic rings. The van der Waals surface area contributed by atoms with E-state index in [1.165, 1.54) is 6.07 Å². The zero-order valence-corrected chi connectivity index (χ0v) is 12.2. The smallest absolute Gasteiger partial charge is 0.262 e. The average molecular weight is 305 g/mol. The van der Waals surface area contributed by atoms with E-state index in [1.807, 2.05) is 6.92 Å². The standard InChI is InChI=1S/C17H14F3NO/c1-4-11-6-5-10(2)15(18)16(11)22-14-8-12(17(19)20)7-13(9-14)21-3/h5-9,17H,4H2,1-2H3. The van der Waals surface area contributed by atoms with Gasteiger partial charge in [0, 0.05) is 5.56 Å². The quantitative estimate of drug-likeness (QED) is 0.634. The minimum absolute atomic E-state index is 0.0184. The van der Waals surface area contributed by atoms with Gasteiger partial charge in [0.2, 0.25) is 0 Å². The fourth-order valence-corrected chi connectivity index (χ4v) is 2.06. The van der Waals surface area contributed by atoms with Crippen LogP contribution in [-0.4, -0.2) is 0 Å². The minimum Gasteiger partial charge on any atom is -0.455 e. The van der Waals surface area contributed by atoms with Gasteiger partial charge < -0.3 is 4.74 Å². The van der Waals surface area contributed by atoms with Crippen LogP contribution < -0.4 is 4.74 Å². The summed E-state index contributed by atoms with van der Waals surface area (Å²) in [5.41, 5.74) is 0.742. The number of benzene rings is 2. The van der Waals surface area contributed by atoms with Crippen molar-refractivity contribution >= 4 is 5.69 Å². The summed E-state index contributed by atoms with van der Waals surface area (Å²) in [6.07, 6.45) is -2.19. The molecule has 0 spiro atoms. The number of hydrogen-bond donors (Lipinski definition) is 0. The molecule has 2 nitrogen and oxygen atoms in total. The average Bonchev–Trinajstić information content (AvgIpc) is 2.51. The topological polar surface area (TPSA) is 13.6 Å². The van der Waals surface area contributed by atoms with Gasteiger partial charge in [0.05, 0.1) is 6.57 Å². The minimum atomic E-state index is -2.72. The van der Waals surface area contributed by atoms with E-state index in [9.17, 15) is 13.2 Å². The lowest BCUT2D eigenvalue weighted by atomic mass is 10.1. The Morgan fingerprint density at radius 3 is 2.55 bits per heavy atom. The predicted molar refractivity (Wildman–Crippen MR) is 78.3 cm³/mol. The Hall–Kier alpha value is -2.48. The summed E-state index contributed by atoms with van der Waals surface area (Å²) in [6.45, 7) is 10.4. The highest BCUT2D eigenvalue weighted by atomic mass is 19.3. The van der Waals surface area contributed by atoms with E-state index in [-0.39, 0.29) is 22.7 Å². The van der Waals surface area contributed by atoms with Crippen molar-refractivity contribution in [1.29, 1.82) is 0 Å². The van der Waals surface area contributed by atoms with Gasteiger partial charge in [0.1, 0.15) is 5.75 Å². The van der Waals surface area contributed by atoms with Gasteiger partial charge in [-0.15, -0.1) is 0 Å². The van der Waals surface area contributed by atoms with Crippen LogP contribution in [0.25, 0.3) is 4.85 Å². The Labute approximate surface area is 127 Å². The number of aryl methyl sites for hydroxylation is 2. The zero-order valence-electron chi connectivity index (χ0n) is 12.2. The van der Waals surface area contributed by atoms with Gasteiger partial charge in [0.25, 0.3) is 6.43 Å². The molecule has 0 amide bonds. The van der Waals surface area contributed by atoms with Gasteiger partial charge in [-0.1, -0.05) is 19.1 Å². The molecule has 2 aromatic carbocycles. The third-order valence-corrected chi connectivity index (χ3v) is 3.27. The molecule has 114 valence electrons. The van der Waals surface area contributed by atoms with E-state index in [4.69, 9.17) is 11.3 Å². The van der Waals surface area contributed by atoms with Crippen molar-refractivity contribution < 1.29 is 17.9 Å². The maximum atomic E-state index is 14.2. The molecule has 0 heterocycles. The first-order valence-corrected chi connectivity index (χ1v) is 6.72. The molecular weight excluding hydrogens is 291 g/mol. The lowest BCUT2D eigenvalue weighted by molar-refractivity contribution is 0.151. The van der Waals surface area contributed by atoms with Crippen LogP contribution >= 0.6 is 0 Å². The third-order valence-electron chi connectivity index (χ3n) is 3.27. The van der Waals surface area contributed by atoms with E-state index in [1.54, 1.807) is 19.1 Å². The van der Waals surface area contributed by atoms with Crippen molar-refractivity contribution in [2.75, 3.05) is 0 Å². The predicted octanol–water partition coefficient (Wildman–Crippen LogP) is 5.98. The van der Waals surface area contributed by atoms with Gasteiger partial charge in [-0.3, -0.25) is 0 Å². The van der Waals surface area contributed by atoms with Crippen molar-refractivity contribution in [3.63, 3.8) is 0 Å². The van der Waals surface area contributed by atoms with Crippen LogP contribution in [0, 0.1) is 19.3 Å². The number of halogens is 3. The van der Waals surface area contributed by atoms with E-state index in [2.05, 4.69) is 4.85 Å². The molecular formula is C17H14F3NO. The molecule has 0 saturated heterocycles. The Morgan fingerprint density at radius 1 is 1.23 bits per heavy atom. The van der Waals surface area contributed by atoms with Crippen LogP contribution in [0.1, 0.15) is 30.0 Å². The Balaban J connectivity index is 2.50. The lowest BCUT2D eigenvalue weighted by Gasteiger charge is -2.14. The van der Waals surface area contributed by atoms with Crippen molar-refractivity contribution in [1.82, 2.24) is 0 Å². The maximum absolute atomic E-state index is 14.2. The second kappa shape index (κ2) is 6.52. The van der Waals surface area contributed by atoms with Crippen molar-refractivity contribution in [2.24, 2.45) is 0 Å². The Kier molecular flexibility index (Phi) is 4.71.